The molecule has 1 aliphatic carbocycles. The Morgan fingerprint density at radius 2 is 2.05 bits per heavy atom. The van der Waals surface area contributed by atoms with Crippen molar-refractivity contribution in [3.8, 4) is 6.07 Å². The molecule has 0 bridgehead atoms. The first-order valence-electron chi connectivity index (χ1n) is 7.46. The van der Waals surface area contributed by atoms with Crippen LogP contribution in [0.4, 0.5) is 0 Å². The average molecular weight is 282 g/mol. The molecule has 1 aromatic carbocycles. The van der Waals surface area contributed by atoms with Crippen LogP contribution in [0.3, 0.4) is 0 Å². The fourth-order valence-electron chi connectivity index (χ4n) is 3.10. The monoisotopic (exact) mass is 282 g/mol. The predicted octanol–water partition coefficient (Wildman–Crippen LogP) is 3.64. The Hall–Kier alpha value is -2.28. The lowest BCUT2D eigenvalue weighted by molar-refractivity contribution is 0.0929. The zero-order valence-electron chi connectivity index (χ0n) is 11.8. The number of amides is 1. The number of hydrogen-bond donors (Lipinski definition) is 1. The second kappa shape index (κ2) is 6.01. The summed E-state index contributed by atoms with van der Waals surface area (Å²) in [6, 6.07) is 9.27. The molecule has 21 heavy (non-hydrogen) atoms. The second-order valence-corrected chi connectivity index (χ2v) is 5.62. The minimum Gasteiger partial charge on any atom is -0.463 e. The summed E-state index contributed by atoms with van der Waals surface area (Å²) in [6.07, 6.45) is 7.03. The van der Waals surface area contributed by atoms with Gasteiger partial charge in [0.05, 0.1) is 11.6 Å². The van der Waals surface area contributed by atoms with Crippen molar-refractivity contribution in [3.05, 3.63) is 36.1 Å². The number of carbonyl (C=O) groups is 1. The highest BCUT2D eigenvalue weighted by atomic mass is 16.3. The summed E-state index contributed by atoms with van der Waals surface area (Å²) in [6.45, 7) is 0. The van der Waals surface area contributed by atoms with E-state index < -0.39 is 6.04 Å². The Kier molecular flexibility index (Phi) is 3.92. The zero-order chi connectivity index (χ0) is 14.7. The maximum Gasteiger partial charge on any atom is 0.256 e. The van der Waals surface area contributed by atoms with Gasteiger partial charge >= 0.3 is 0 Å². The van der Waals surface area contributed by atoms with Crippen LogP contribution in [0.5, 0.6) is 0 Å². The number of benzene rings is 1. The number of fused-ring (bicyclic) bond motifs is 1. The van der Waals surface area contributed by atoms with Crippen molar-refractivity contribution < 1.29 is 9.21 Å². The van der Waals surface area contributed by atoms with Crippen LogP contribution in [0, 0.1) is 17.2 Å². The number of hydrogen-bond acceptors (Lipinski definition) is 3. The van der Waals surface area contributed by atoms with E-state index in [1.807, 2.05) is 24.3 Å². The van der Waals surface area contributed by atoms with Gasteiger partial charge in [-0.2, -0.15) is 5.26 Å². The van der Waals surface area contributed by atoms with E-state index in [-0.39, 0.29) is 11.8 Å². The van der Waals surface area contributed by atoms with Crippen molar-refractivity contribution in [2.24, 2.45) is 5.92 Å². The lowest BCUT2D eigenvalue weighted by atomic mass is 9.84. The molecule has 0 radical (unpaired) electrons. The van der Waals surface area contributed by atoms with Gasteiger partial charge in [0.2, 0.25) is 0 Å². The molecule has 1 N–H and O–H groups in total. The molecule has 1 aromatic heterocycles. The van der Waals surface area contributed by atoms with E-state index >= 15 is 0 Å². The molecule has 1 unspecified atom stereocenters. The molecular formula is C17H18N2O2. The van der Waals surface area contributed by atoms with Crippen molar-refractivity contribution in [1.29, 1.82) is 5.26 Å². The smallest absolute Gasteiger partial charge is 0.256 e. The SMILES string of the molecule is N#CC(NC(=O)c1coc2ccccc12)C1CCCCC1. The van der Waals surface area contributed by atoms with Crippen LogP contribution in [0.1, 0.15) is 42.5 Å². The highest BCUT2D eigenvalue weighted by molar-refractivity contribution is 6.06. The van der Waals surface area contributed by atoms with E-state index in [9.17, 15) is 10.1 Å². The molecule has 108 valence electrons. The highest BCUT2D eigenvalue weighted by Gasteiger charge is 2.26. The number of carbonyl (C=O) groups excluding carboxylic acids is 1. The van der Waals surface area contributed by atoms with Crippen molar-refractivity contribution in [3.63, 3.8) is 0 Å². The number of rotatable bonds is 3. The van der Waals surface area contributed by atoms with Gasteiger partial charge in [-0.1, -0.05) is 37.5 Å². The Bertz CT molecular complexity index is 677. The first kappa shape index (κ1) is 13.7. The molecular weight excluding hydrogens is 264 g/mol. The van der Waals surface area contributed by atoms with Crippen LogP contribution in [-0.4, -0.2) is 11.9 Å². The third kappa shape index (κ3) is 2.78. The molecule has 1 atom stereocenters. The fraction of sp³-hybridized carbons (Fsp3) is 0.412. The second-order valence-electron chi connectivity index (χ2n) is 5.62. The minimum atomic E-state index is -0.411. The number of nitrogens with one attached hydrogen (secondary N) is 1. The predicted molar refractivity (Wildman–Crippen MR) is 79.7 cm³/mol. The summed E-state index contributed by atoms with van der Waals surface area (Å²) in [4.78, 5) is 12.4. The topological polar surface area (TPSA) is 66.0 Å². The summed E-state index contributed by atoms with van der Waals surface area (Å²) in [5, 5.41) is 13.0. The Morgan fingerprint density at radius 3 is 2.81 bits per heavy atom. The van der Waals surface area contributed by atoms with E-state index in [2.05, 4.69) is 11.4 Å². The van der Waals surface area contributed by atoms with Gasteiger partial charge in [-0.25, -0.2) is 0 Å². The summed E-state index contributed by atoms with van der Waals surface area (Å²) in [5.41, 5.74) is 1.19. The van der Waals surface area contributed by atoms with Gasteiger partial charge in [-0.05, 0) is 24.8 Å². The van der Waals surface area contributed by atoms with Crippen LogP contribution >= 0.6 is 0 Å². The fourth-order valence-corrected chi connectivity index (χ4v) is 3.10. The quantitative estimate of drug-likeness (QED) is 0.934. The van der Waals surface area contributed by atoms with Gasteiger partial charge in [-0.3, -0.25) is 4.79 Å². The Balaban J connectivity index is 1.77. The lowest BCUT2D eigenvalue weighted by Gasteiger charge is -2.26. The zero-order valence-corrected chi connectivity index (χ0v) is 11.8. The summed E-state index contributed by atoms with van der Waals surface area (Å²) in [7, 11) is 0. The van der Waals surface area contributed by atoms with E-state index in [1.54, 1.807) is 0 Å². The third-order valence-electron chi connectivity index (χ3n) is 4.27. The molecule has 1 amide bonds. The molecule has 0 spiro atoms. The van der Waals surface area contributed by atoms with E-state index in [0.717, 1.165) is 31.1 Å². The van der Waals surface area contributed by atoms with E-state index in [1.165, 1.54) is 12.7 Å². The largest absolute Gasteiger partial charge is 0.463 e. The standard InChI is InChI=1S/C17H18N2O2/c18-10-15(12-6-2-1-3-7-12)19-17(20)14-11-21-16-9-5-4-8-13(14)16/h4-5,8-9,11-12,15H,1-3,6-7H2,(H,19,20). The maximum absolute atomic E-state index is 12.4. The van der Waals surface area contributed by atoms with Crippen molar-refractivity contribution in [2.45, 2.75) is 38.1 Å². The van der Waals surface area contributed by atoms with E-state index in [4.69, 9.17) is 4.42 Å². The summed E-state index contributed by atoms with van der Waals surface area (Å²) >= 11 is 0. The molecule has 0 saturated heterocycles. The van der Waals surface area contributed by atoms with Crippen molar-refractivity contribution in [1.82, 2.24) is 5.32 Å². The van der Waals surface area contributed by atoms with Crippen LogP contribution < -0.4 is 5.32 Å². The highest BCUT2D eigenvalue weighted by Crippen LogP contribution is 2.27. The average Bonchev–Trinajstić information content (AvgIpc) is 2.97. The van der Waals surface area contributed by atoms with Crippen molar-refractivity contribution in [2.75, 3.05) is 0 Å². The summed E-state index contributed by atoms with van der Waals surface area (Å²) in [5.74, 6) is 0.0444. The summed E-state index contributed by atoms with van der Waals surface area (Å²) < 4.78 is 5.39. The molecule has 1 aliphatic rings. The minimum absolute atomic E-state index is 0.225. The van der Waals surface area contributed by atoms with Gasteiger partial charge < -0.3 is 9.73 Å². The molecule has 2 aromatic rings. The molecule has 3 rings (SSSR count). The lowest BCUT2D eigenvalue weighted by Crippen LogP contribution is -2.40. The first-order chi connectivity index (χ1) is 10.3. The number of nitrogens with zero attached hydrogens (tertiary/aromatic N) is 1. The molecule has 1 heterocycles. The van der Waals surface area contributed by atoms with Gasteiger partial charge in [0.1, 0.15) is 17.9 Å². The maximum atomic E-state index is 12.4. The molecule has 4 nitrogen and oxygen atoms in total. The first-order valence-corrected chi connectivity index (χ1v) is 7.46. The van der Waals surface area contributed by atoms with Gasteiger partial charge in [-0.15, -0.1) is 0 Å². The van der Waals surface area contributed by atoms with E-state index in [0.29, 0.717) is 11.1 Å². The Labute approximate surface area is 123 Å². The van der Waals surface area contributed by atoms with Crippen LogP contribution in [-0.2, 0) is 0 Å². The molecule has 1 saturated carbocycles. The molecule has 1 fully saturated rings. The van der Waals surface area contributed by atoms with Gasteiger partial charge in [0, 0.05) is 5.39 Å². The third-order valence-corrected chi connectivity index (χ3v) is 4.27. The van der Waals surface area contributed by atoms with Crippen LogP contribution in [0.15, 0.2) is 34.9 Å². The van der Waals surface area contributed by atoms with Gasteiger partial charge in [0.25, 0.3) is 5.91 Å². The Morgan fingerprint density at radius 1 is 1.29 bits per heavy atom. The van der Waals surface area contributed by atoms with Crippen LogP contribution in [0.25, 0.3) is 11.0 Å². The number of furan rings is 1. The number of nitriles is 1. The van der Waals surface area contributed by atoms with Crippen LogP contribution in [0.2, 0.25) is 0 Å². The van der Waals surface area contributed by atoms with Gasteiger partial charge in [0.15, 0.2) is 0 Å². The number of para-hydroxylation sites is 1. The molecule has 0 aliphatic heterocycles. The normalized spacial score (nSPS) is 17.3. The molecule has 4 heteroatoms. The van der Waals surface area contributed by atoms with Crippen molar-refractivity contribution >= 4 is 16.9 Å².